The fraction of sp³-hybridized carbons (Fsp3) is 0.296. The topological polar surface area (TPSA) is 73.7 Å². The molecule has 1 aliphatic rings. The molecule has 1 saturated heterocycles. The Morgan fingerprint density at radius 2 is 1.85 bits per heavy atom. The summed E-state index contributed by atoms with van der Waals surface area (Å²) in [5.41, 5.74) is 4.83. The Balaban J connectivity index is 1.63. The van der Waals surface area contributed by atoms with E-state index in [4.69, 9.17) is 0 Å². The van der Waals surface area contributed by atoms with Crippen LogP contribution in [0, 0.1) is 12.8 Å². The van der Waals surface area contributed by atoms with Crippen molar-refractivity contribution in [3.63, 3.8) is 0 Å². The minimum Gasteiger partial charge on any atom is -0.506 e. The number of aromatic hydroxyl groups is 1. The van der Waals surface area contributed by atoms with Gasteiger partial charge in [-0.3, -0.25) is 14.6 Å². The lowest BCUT2D eigenvalue weighted by atomic mass is 9.91. The molecule has 1 aromatic heterocycles. The fourth-order valence-corrected chi connectivity index (χ4v) is 4.40. The van der Waals surface area contributed by atoms with Crippen molar-refractivity contribution in [3.05, 3.63) is 83.7 Å². The molecule has 0 spiro atoms. The second kappa shape index (κ2) is 9.86. The van der Waals surface area contributed by atoms with E-state index in [2.05, 4.69) is 48.3 Å². The molecule has 6 nitrogen and oxygen atoms in total. The number of carbonyl (C=O) groups is 2. The quantitative estimate of drug-likeness (QED) is 0.649. The number of nitrogens with zero attached hydrogens (tertiary/aromatic N) is 3. The van der Waals surface area contributed by atoms with Crippen molar-refractivity contribution < 1.29 is 14.7 Å². The third-order valence-corrected chi connectivity index (χ3v) is 6.23. The van der Waals surface area contributed by atoms with Gasteiger partial charge < -0.3 is 14.9 Å². The van der Waals surface area contributed by atoms with Crippen LogP contribution in [0.15, 0.2) is 67.0 Å². The van der Waals surface area contributed by atoms with Crippen molar-refractivity contribution in [2.24, 2.45) is 5.92 Å². The van der Waals surface area contributed by atoms with Gasteiger partial charge in [-0.05, 0) is 43.0 Å². The Labute approximate surface area is 194 Å². The van der Waals surface area contributed by atoms with E-state index in [-0.39, 0.29) is 23.5 Å². The zero-order chi connectivity index (χ0) is 23.4. The molecule has 4 rings (SSSR count). The number of aromatic nitrogens is 1. The molecule has 6 heteroatoms. The lowest BCUT2D eigenvalue weighted by Crippen LogP contribution is -2.38. The smallest absolute Gasteiger partial charge is 0.255 e. The third-order valence-electron chi connectivity index (χ3n) is 6.23. The molecule has 1 unspecified atom stereocenters. The highest BCUT2D eigenvalue weighted by atomic mass is 16.3. The van der Waals surface area contributed by atoms with Gasteiger partial charge in [-0.1, -0.05) is 54.1 Å². The first kappa shape index (κ1) is 22.5. The molecule has 1 aliphatic heterocycles. The number of aryl methyl sites for hydroxylation is 1. The maximum Gasteiger partial charge on any atom is 0.255 e. The number of amides is 2. The molecule has 170 valence electrons. The minimum absolute atomic E-state index is 0.0505. The molecule has 3 aromatic rings. The number of benzene rings is 2. The molecule has 33 heavy (non-hydrogen) atoms. The van der Waals surface area contributed by atoms with Crippen molar-refractivity contribution in [2.75, 3.05) is 26.2 Å². The Morgan fingerprint density at radius 3 is 2.58 bits per heavy atom. The molecule has 2 heterocycles. The first-order valence-corrected chi connectivity index (χ1v) is 11.3. The summed E-state index contributed by atoms with van der Waals surface area (Å²) >= 11 is 0. The van der Waals surface area contributed by atoms with Crippen molar-refractivity contribution in [3.8, 4) is 16.9 Å². The van der Waals surface area contributed by atoms with Gasteiger partial charge in [0.15, 0.2) is 0 Å². The summed E-state index contributed by atoms with van der Waals surface area (Å²) < 4.78 is 0. The molecule has 0 bridgehead atoms. The van der Waals surface area contributed by atoms with Gasteiger partial charge in [-0.2, -0.15) is 0 Å². The molecule has 1 fully saturated rings. The summed E-state index contributed by atoms with van der Waals surface area (Å²) in [7, 11) is 0. The Hall–Kier alpha value is -3.67. The number of rotatable bonds is 5. The van der Waals surface area contributed by atoms with Crippen LogP contribution in [0.25, 0.3) is 11.1 Å². The minimum atomic E-state index is -0.353. The van der Waals surface area contributed by atoms with E-state index in [1.165, 1.54) is 24.0 Å². The standard InChI is InChI=1S/C27H29N3O3/c1-3-29-12-13-30(26(32)22-15-24(31)17-28-16-22)18-23(27(29)33)14-21-6-4-5-7-25(21)20-10-8-19(2)9-11-20/h4-11,15-17,23,31H,3,12-14,18H2,1-2H3. The van der Waals surface area contributed by atoms with E-state index in [0.29, 0.717) is 38.2 Å². The predicted molar refractivity (Wildman–Crippen MR) is 128 cm³/mol. The molecule has 0 aliphatic carbocycles. The second-order valence-electron chi connectivity index (χ2n) is 8.53. The van der Waals surface area contributed by atoms with E-state index in [0.717, 1.165) is 16.7 Å². The zero-order valence-corrected chi connectivity index (χ0v) is 19.1. The van der Waals surface area contributed by atoms with E-state index < -0.39 is 0 Å². The maximum absolute atomic E-state index is 13.4. The van der Waals surface area contributed by atoms with Crippen LogP contribution in [0.4, 0.5) is 0 Å². The van der Waals surface area contributed by atoms with Gasteiger partial charge in [0, 0.05) is 32.4 Å². The lowest BCUT2D eigenvalue weighted by molar-refractivity contribution is -0.134. The van der Waals surface area contributed by atoms with E-state index >= 15 is 0 Å². The van der Waals surface area contributed by atoms with Crippen LogP contribution in [0.2, 0.25) is 0 Å². The number of carbonyl (C=O) groups excluding carboxylic acids is 2. The molecule has 2 amide bonds. The lowest BCUT2D eigenvalue weighted by Gasteiger charge is -2.24. The second-order valence-corrected chi connectivity index (χ2v) is 8.53. The van der Waals surface area contributed by atoms with Gasteiger partial charge in [-0.25, -0.2) is 0 Å². The predicted octanol–water partition coefficient (Wildman–Crippen LogP) is 3.93. The monoisotopic (exact) mass is 443 g/mol. The highest BCUT2D eigenvalue weighted by Crippen LogP contribution is 2.28. The van der Waals surface area contributed by atoms with Crippen LogP contribution in [-0.2, 0) is 11.2 Å². The number of likely N-dealkylation sites (N-methyl/N-ethyl adjacent to an activating group) is 1. The summed E-state index contributed by atoms with van der Waals surface area (Å²) in [4.78, 5) is 34.0. The first-order chi connectivity index (χ1) is 16.0. The van der Waals surface area contributed by atoms with Crippen LogP contribution in [-0.4, -0.2) is 57.9 Å². The van der Waals surface area contributed by atoms with Gasteiger partial charge in [0.05, 0.1) is 17.7 Å². The normalized spacial score (nSPS) is 16.5. The van der Waals surface area contributed by atoms with Crippen LogP contribution in [0.1, 0.15) is 28.4 Å². The van der Waals surface area contributed by atoms with Gasteiger partial charge in [0.25, 0.3) is 5.91 Å². The molecular formula is C27H29N3O3. The maximum atomic E-state index is 13.4. The number of pyridine rings is 1. The van der Waals surface area contributed by atoms with Gasteiger partial charge >= 0.3 is 0 Å². The molecule has 0 radical (unpaired) electrons. The highest BCUT2D eigenvalue weighted by molar-refractivity contribution is 5.95. The fourth-order valence-electron chi connectivity index (χ4n) is 4.40. The van der Waals surface area contributed by atoms with Crippen molar-refractivity contribution in [1.82, 2.24) is 14.8 Å². The van der Waals surface area contributed by atoms with Gasteiger partial charge in [-0.15, -0.1) is 0 Å². The van der Waals surface area contributed by atoms with Crippen LogP contribution in [0.5, 0.6) is 5.75 Å². The van der Waals surface area contributed by atoms with E-state index in [1.54, 1.807) is 4.90 Å². The van der Waals surface area contributed by atoms with Crippen molar-refractivity contribution in [1.29, 1.82) is 0 Å². The van der Waals surface area contributed by atoms with Gasteiger partial charge in [0.1, 0.15) is 5.75 Å². The summed E-state index contributed by atoms with van der Waals surface area (Å²) in [5, 5.41) is 9.75. The van der Waals surface area contributed by atoms with Crippen molar-refractivity contribution in [2.45, 2.75) is 20.3 Å². The summed E-state index contributed by atoms with van der Waals surface area (Å²) in [6, 6.07) is 18.0. The average molecular weight is 444 g/mol. The third kappa shape index (κ3) is 5.06. The van der Waals surface area contributed by atoms with Gasteiger partial charge in [0.2, 0.25) is 5.91 Å². The number of hydrogen-bond donors (Lipinski definition) is 1. The average Bonchev–Trinajstić information content (AvgIpc) is 2.98. The summed E-state index contributed by atoms with van der Waals surface area (Å²) in [5.74, 6) is -0.555. The molecule has 0 saturated carbocycles. The SMILES string of the molecule is CCN1CCN(C(=O)c2cncc(O)c2)CC(Cc2ccccc2-c2ccc(C)cc2)C1=O. The number of hydrogen-bond acceptors (Lipinski definition) is 4. The molecule has 1 N–H and O–H groups in total. The Kier molecular flexibility index (Phi) is 6.73. The first-order valence-electron chi connectivity index (χ1n) is 11.3. The largest absolute Gasteiger partial charge is 0.506 e. The molecular weight excluding hydrogens is 414 g/mol. The van der Waals surface area contributed by atoms with E-state index in [1.807, 2.05) is 24.0 Å². The Morgan fingerprint density at radius 1 is 1.09 bits per heavy atom. The summed E-state index contributed by atoms with van der Waals surface area (Å²) in [6.07, 6.45) is 3.29. The Bertz CT molecular complexity index is 1140. The van der Waals surface area contributed by atoms with Crippen molar-refractivity contribution >= 4 is 11.8 Å². The molecule has 2 aromatic carbocycles. The van der Waals surface area contributed by atoms with Crippen LogP contribution >= 0.6 is 0 Å². The van der Waals surface area contributed by atoms with Crippen LogP contribution in [0.3, 0.4) is 0 Å². The zero-order valence-electron chi connectivity index (χ0n) is 19.1. The summed E-state index contributed by atoms with van der Waals surface area (Å²) in [6.45, 7) is 5.89. The molecule has 1 atom stereocenters. The van der Waals surface area contributed by atoms with E-state index in [9.17, 15) is 14.7 Å². The van der Waals surface area contributed by atoms with Crippen LogP contribution < -0.4 is 0 Å². The highest BCUT2D eigenvalue weighted by Gasteiger charge is 2.32.